The number of hydrogen-bond acceptors (Lipinski definition) is 3. The van der Waals surface area contributed by atoms with Crippen LogP contribution in [0.25, 0.3) is 0 Å². The van der Waals surface area contributed by atoms with Gasteiger partial charge in [0.25, 0.3) is 0 Å². The summed E-state index contributed by atoms with van der Waals surface area (Å²) in [6, 6.07) is 5.54. The Balaban J connectivity index is 2.64. The van der Waals surface area contributed by atoms with E-state index in [1.54, 1.807) is 6.07 Å². The van der Waals surface area contributed by atoms with Crippen molar-refractivity contribution in [2.75, 3.05) is 6.54 Å². The molecule has 0 aliphatic heterocycles. The fourth-order valence-corrected chi connectivity index (χ4v) is 3.11. The van der Waals surface area contributed by atoms with Gasteiger partial charge in [0.05, 0.1) is 16.7 Å². The van der Waals surface area contributed by atoms with Gasteiger partial charge in [0.1, 0.15) is 4.90 Å². The number of nitrogens with zero attached hydrogens (tertiary/aromatic N) is 1. The number of alkyl halides is 3. The lowest BCUT2D eigenvalue weighted by molar-refractivity contribution is -0.135. The van der Waals surface area contributed by atoms with Crippen molar-refractivity contribution in [1.29, 1.82) is 5.26 Å². The second kappa shape index (κ2) is 7.11. The Morgan fingerprint density at radius 1 is 1.29 bits per heavy atom. The lowest BCUT2D eigenvalue weighted by Crippen LogP contribution is -2.25. The lowest BCUT2D eigenvalue weighted by Gasteiger charge is -2.09. The van der Waals surface area contributed by atoms with Crippen LogP contribution in [0.5, 0.6) is 0 Å². The second-order valence-corrected chi connectivity index (χ2v) is 6.37. The van der Waals surface area contributed by atoms with Crippen molar-refractivity contribution in [1.82, 2.24) is 4.72 Å². The highest BCUT2D eigenvalue weighted by atomic mass is 35.5. The third kappa shape index (κ3) is 5.91. The van der Waals surface area contributed by atoms with Crippen molar-refractivity contribution >= 4 is 21.6 Å². The molecule has 116 valence electrons. The van der Waals surface area contributed by atoms with Crippen molar-refractivity contribution in [3.63, 3.8) is 0 Å². The highest BCUT2D eigenvalue weighted by Gasteiger charge is 2.26. The molecule has 0 spiro atoms. The van der Waals surface area contributed by atoms with E-state index in [9.17, 15) is 21.6 Å². The Kier molecular flexibility index (Phi) is 6.01. The first-order valence-electron chi connectivity index (χ1n) is 5.92. The van der Waals surface area contributed by atoms with Gasteiger partial charge < -0.3 is 0 Å². The van der Waals surface area contributed by atoms with Crippen molar-refractivity contribution in [2.45, 2.75) is 30.3 Å². The molecule has 0 aliphatic rings. The van der Waals surface area contributed by atoms with Crippen LogP contribution in [0.4, 0.5) is 13.2 Å². The molecule has 9 heteroatoms. The monoisotopic (exact) mass is 340 g/mol. The van der Waals surface area contributed by atoms with E-state index in [1.165, 1.54) is 12.1 Å². The van der Waals surface area contributed by atoms with E-state index in [2.05, 4.69) is 4.72 Å². The first-order chi connectivity index (χ1) is 9.65. The average Bonchev–Trinajstić information content (AvgIpc) is 2.37. The molecule has 4 nitrogen and oxygen atoms in total. The molecule has 1 rings (SSSR count). The molecule has 0 bridgehead atoms. The molecule has 0 aliphatic carbocycles. The third-order valence-corrected chi connectivity index (χ3v) is 4.47. The Morgan fingerprint density at radius 2 is 1.95 bits per heavy atom. The van der Waals surface area contributed by atoms with Gasteiger partial charge in [-0.3, -0.25) is 0 Å². The smallest absolute Gasteiger partial charge is 0.211 e. The molecule has 0 heterocycles. The Labute approximate surface area is 125 Å². The van der Waals surface area contributed by atoms with Gasteiger partial charge in [-0.25, -0.2) is 13.1 Å². The van der Waals surface area contributed by atoms with E-state index in [0.717, 1.165) is 6.07 Å². The maximum Gasteiger partial charge on any atom is 0.389 e. The molecule has 0 amide bonds. The van der Waals surface area contributed by atoms with Crippen LogP contribution in [0.15, 0.2) is 23.1 Å². The highest BCUT2D eigenvalue weighted by Crippen LogP contribution is 2.23. The number of hydrogen-bond donors (Lipinski definition) is 1. The predicted molar refractivity (Wildman–Crippen MR) is 71.3 cm³/mol. The molecule has 0 aromatic heterocycles. The van der Waals surface area contributed by atoms with E-state index >= 15 is 0 Å². The fourth-order valence-electron chi connectivity index (χ4n) is 1.51. The van der Waals surface area contributed by atoms with Crippen molar-refractivity contribution in [2.24, 2.45) is 0 Å². The maximum atomic E-state index is 12.0. The van der Waals surface area contributed by atoms with E-state index in [4.69, 9.17) is 16.9 Å². The molecule has 0 saturated heterocycles. The molecular formula is C12H12ClF3N2O2S. The number of benzene rings is 1. The van der Waals surface area contributed by atoms with Gasteiger partial charge in [0.15, 0.2) is 0 Å². The van der Waals surface area contributed by atoms with Gasteiger partial charge in [0.2, 0.25) is 10.0 Å². The van der Waals surface area contributed by atoms with Gasteiger partial charge >= 0.3 is 6.18 Å². The number of unbranched alkanes of at least 4 members (excludes halogenated alkanes) is 1. The minimum Gasteiger partial charge on any atom is -0.211 e. The first-order valence-corrected chi connectivity index (χ1v) is 7.78. The summed E-state index contributed by atoms with van der Waals surface area (Å²) in [7, 11) is -3.95. The number of sulfonamides is 1. The number of halogens is 4. The fraction of sp³-hybridized carbons (Fsp3) is 0.417. The molecule has 1 N–H and O–H groups in total. The summed E-state index contributed by atoms with van der Waals surface area (Å²) in [6.07, 6.45) is -5.32. The van der Waals surface area contributed by atoms with E-state index in [1.807, 2.05) is 0 Å². The van der Waals surface area contributed by atoms with E-state index < -0.39 is 22.6 Å². The Hall–Kier alpha value is -1.30. The van der Waals surface area contributed by atoms with Crippen LogP contribution >= 0.6 is 11.6 Å². The van der Waals surface area contributed by atoms with Crippen LogP contribution in [-0.4, -0.2) is 21.1 Å². The maximum absolute atomic E-state index is 12.0. The van der Waals surface area contributed by atoms with Crippen LogP contribution in [-0.2, 0) is 10.0 Å². The Bertz CT molecular complexity index is 639. The lowest BCUT2D eigenvalue weighted by atomic mass is 10.2. The topological polar surface area (TPSA) is 70.0 Å². The summed E-state index contributed by atoms with van der Waals surface area (Å²) >= 11 is 5.76. The van der Waals surface area contributed by atoms with Gasteiger partial charge in [0, 0.05) is 13.0 Å². The molecule has 1 aromatic carbocycles. The summed E-state index contributed by atoms with van der Waals surface area (Å²) < 4.78 is 61.9. The summed E-state index contributed by atoms with van der Waals surface area (Å²) in [5.41, 5.74) is 0.122. The molecular weight excluding hydrogens is 329 g/mol. The largest absolute Gasteiger partial charge is 0.389 e. The van der Waals surface area contributed by atoms with Gasteiger partial charge in [-0.1, -0.05) is 11.6 Å². The highest BCUT2D eigenvalue weighted by molar-refractivity contribution is 7.89. The van der Waals surface area contributed by atoms with Gasteiger partial charge in [-0.05, 0) is 31.0 Å². The average molecular weight is 341 g/mol. The molecule has 0 unspecified atom stereocenters. The van der Waals surface area contributed by atoms with Crippen molar-refractivity contribution < 1.29 is 21.6 Å². The summed E-state index contributed by atoms with van der Waals surface area (Å²) in [5.74, 6) is 0. The summed E-state index contributed by atoms with van der Waals surface area (Å²) in [6.45, 7) is -0.133. The number of rotatable bonds is 6. The molecule has 0 atom stereocenters. The van der Waals surface area contributed by atoms with E-state index in [0.29, 0.717) is 0 Å². The van der Waals surface area contributed by atoms with Gasteiger partial charge in [-0.15, -0.1) is 0 Å². The van der Waals surface area contributed by atoms with Crippen molar-refractivity contribution in [3.8, 4) is 6.07 Å². The molecule has 21 heavy (non-hydrogen) atoms. The summed E-state index contributed by atoms with van der Waals surface area (Å²) in [5, 5.41) is 8.67. The quantitative estimate of drug-likeness (QED) is 0.808. The van der Waals surface area contributed by atoms with Crippen LogP contribution < -0.4 is 4.72 Å². The third-order valence-electron chi connectivity index (χ3n) is 2.53. The molecule has 1 aromatic rings. The number of nitrogens with one attached hydrogen (secondary N) is 1. The number of nitriles is 1. The zero-order valence-corrected chi connectivity index (χ0v) is 12.3. The molecule has 0 fully saturated rings. The van der Waals surface area contributed by atoms with Crippen LogP contribution in [0.1, 0.15) is 24.8 Å². The molecule has 0 saturated carbocycles. The first kappa shape index (κ1) is 17.8. The van der Waals surface area contributed by atoms with Crippen LogP contribution in [0, 0.1) is 11.3 Å². The predicted octanol–water partition coefficient (Wildman–Crippen LogP) is 3.22. The minimum atomic E-state index is -4.25. The van der Waals surface area contributed by atoms with Crippen LogP contribution in [0.2, 0.25) is 5.02 Å². The zero-order valence-electron chi connectivity index (χ0n) is 10.7. The summed E-state index contributed by atoms with van der Waals surface area (Å²) in [4.78, 5) is -0.265. The standard InChI is InChI=1S/C12H12ClF3N2O2S/c13-10-4-3-9(8-17)7-11(10)21(19,20)18-6-2-1-5-12(14,15)16/h3-4,7,18H,1-2,5-6H2. The van der Waals surface area contributed by atoms with Gasteiger partial charge in [-0.2, -0.15) is 18.4 Å². The van der Waals surface area contributed by atoms with Crippen molar-refractivity contribution in [3.05, 3.63) is 28.8 Å². The zero-order chi connectivity index (χ0) is 16.1. The molecule has 0 radical (unpaired) electrons. The van der Waals surface area contributed by atoms with Crippen LogP contribution in [0.3, 0.4) is 0 Å². The SMILES string of the molecule is N#Cc1ccc(Cl)c(S(=O)(=O)NCCCCC(F)(F)F)c1. The second-order valence-electron chi connectivity index (χ2n) is 4.23. The minimum absolute atomic E-state index is 0.0499. The Morgan fingerprint density at radius 3 is 2.52 bits per heavy atom. The van der Waals surface area contributed by atoms with E-state index in [-0.39, 0.29) is 34.9 Å². The normalized spacial score (nSPS) is 12.1.